The minimum absolute atomic E-state index is 0.470. The highest BCUT2D eigenvalue weighted by Crippen LogP contribution is 2.23. The Kier molecular flexibility index (Phi) is 3.92. The van der Waals surface area contributed by atoms with Crippen LogP contribution in [0.4, 0.5) is 4.79 Å². The van der Waals surface area contributed by atoms with Crippen LogP contribution in [0.3, 0.4) is 0 Å². The van der Waals surface area contributed by atoms with Crippen LogP contribution in [0, 0.1) is 5.41 Å². The fourth-order valence-corrected chi connectivity index (χ4v) is 1.40. The van der Waals surface area contributed by atoms with Crippen molar-refractivity contribution in [2.24, 2.45) is 5.41 Å². The smallest absolute Gasteiger partial charge is 0.409 e. The molecule has 0 aromatic rings. The summed E-state index contributed by atoms with van der Waals surface area (Å²) in [5.74, 6) is -0.787. The topological polar surface area (TPSA) is 70.4 Å². The van der Waals surface area contributed by atoms with Gasteiger partial charge in [0.05, 0.1) is 7.11 Å². The van der Waals surface area contributed by atoms with E-state index in [0.717, 1.165) is 4.90 Å². The van der Waals surface area contributed by atoms with E-state index in [2.05, 4.69) is 4.74 Å². The average molecular weight is 201 g/mol. The van der Waals surface area contributed by atoms with Gasteiger partial charge < -0.3 is 4.74 Å². The van der Waals surface area contributed by atoms with Crippen molar-refractivity contribution in [1.29, 1.82) is 0 Å². The average Bonchev–Trinajstić information content (AvgIpc) is 1.99. The van der Waals surface area contributed by atoms with Gasteiger partial charge in [0.1, 0.15) is 6.04 Å². The molecule has 0 spiro atoms. The van der Waals surface area contributed by atoms with Crippen LogP contribution in [0.2, 0.25) is 0 Å². The number of carbonyl (C=O) groups excluding carboxylic acids is 2. The molecule has 0 aliphatic heterocycles. The third kappa shape index (κ3) is 2.90. The predicted molar refractivity (Wildman–Crippen MR) is 51.5 cm³/mol. The van der Waals surface area contributed by atoms with Crippen LogP contribution in [0.25, 0.3) is 0 Å². The zero-order valence-corrected chi connectivity index (χ0v) is 9.25. The molecule has 14 heavy (non-hydrogen) atoms. The van der Waals surface area contributed by atoms with E-state index in [1.54, 1.807) is 20.8 Å². The monoisotopic (exact) mass is 201 g/mol. The largest absolute Gasteiger partial charge is 0.453 e. The quantitative estimate of drug-likeness (QED) is 0.666. The molecule has 0 bridgehead atoms. The second-order valence-electron chi connectivity index (χ2n) is 4.21. The normalized spacial score (nSPS) is 13.2. The summed E-state index contributed by atoms with van der Waals surface area (Å²) in [6.07, 6.45) is -0.606. The van der Waals surface area contributed by atoms with Crippen molar-refractivity contribution < 1.29 is 14.3 Å². The molecule has 0 fully saturated rings. The predicted octanol–water partition coefficient (Wildman–Crippen LogP) is 0.909. The molecular weight excluding hydrogens is 184 g/mol. The molecule has 0 aromatic carbocycles. The molecule has 5 heteroatoms. The summed E-state index contributed by atoms with van der Waals surface area (Å²) < 4.78 is 4.49. The van der Waals surface area contributed by atoms with Gasteiger partial charge in [-0.1, -0.05) is 20.8 Å². The Bertz CT molecular complexity index is 233. The fourth-order valence-electron chi connectivity index (χ4n) is 1.40. The third-order valence-electron chi connectivity index (χ3n) is 1.92. The van der Waals surface area contributed by atoms with E-state index in [1.165, 1.54) is 14.2 Å². The van der Waals surface area contributed by atoms with Gasteiger partial charge in [-0.25, -0.2) is 4.79 Å². The molecule has 0 aliphatic carbocycles. The molecule has 1 atom stereocenters. The number of likely N-dealkylation sites (N-methyl/N-ethyl adjacent to an activating group) is 1. The number of nitrogens with zero attached hydrogens (tertiary/aromatic N) is 1. The van der Waals surface area contributed by atoms with Crippen molar-refractivity contribution in [3.8, 4) is 0 Å². The van der Waals surface area contributed by atoms with Crippen LogP contribution in [0.5, 0.6) is 0 Å². The van der Waals surface area contributed by atoms with Crippen molar-refractivity contribution in [2.45, 2.75) is 26.8 Å². The van der Waals surface area contributed by atoms with Gasteiger partial charge in [-0.3, -0.25) is 15.4 Å². The summed E-state index contributed by atoms with van der Waals surface area (Å²) in [5.41, 5.74) is 6.63. The van der Waals surface area contributed by atoms with Crippen LogP contribution in [0.15, 0.2) is 0 Å². The van der Waals surface area contributed by atoms with Crippen molar-refractivity contribution in [3.05, 3.63) is 0 Å². The number of hydrogen-bond acceptors (Lipinski definition) is 3. The molecule has 1 N–H and O–H groups in total. The molecule has 0 aromatic heterocycles. The molecule has 0 heterocycles. The van der Waals surface area contributed by atoms with Crippen molar-refractivity contribution in [3.63, 3.8) is 0 Å². The summed E-state index contributed by atoms with van der Waals surface area (Å²) >= 11 is 0. The molecule has 1 unspecified atom stereocenters. The number of methoxy groups -OCH3 is 1. The zero-order chi connectivity index (χ0) is 11.5. The van der Waals surface area contributed by atoms with Gasteiger partial charge in [0.15, 0.2) is 0 Å². The Labute approximate surface area is 84.2 Å². The fraction of sp³-hybridized carbons (Fsp3) is 0.778. The Morgan fingerprint density at radius 1 is 1.36 bits per heavy atom. The maximum Gasteiger partial charge on any atom is 0.409 e. The van der Waals surface area contributed by atoms with E-state index in [9.17, 15) is 9.59 Å². The highest BCUT2D eigenvalue weighted by molar-refractivity contribution is 5.84. The maximum absolute atomic E-state index is 11.2. The van der Waals surface area contributed by atoms with E-state index >= 15 is 0 Å². The lowest BCUT2D eigenvalue weighted by Gasteiger charge is -2.34. The molecule has 1 radical (unpaired) electrons. The number of nitrogens with one attached hydrogen (secondary N) is 1. The van der Waals surface area contributed by atoms with Gasteiger partial charge in [0.25, 0.3) is 5.91 Å². The summed E-state index contributed by atoms with van der Waals surface area (Å²) in [4.78, 5) is 23.4. The van der Waals surface area contributed by atoms with Crippen molar-refractivity contribution in [1.82, 2.24) is 10.6 Å². The maximum atomic E-state index is 11.2. The molecule has 0 rings (SSSR count). The SMILES string of the molecule is COC(=O)N(C)C(C([NH])=O)C(C)(C)C. The number of amides is 2. The van der Waals surface area contributed by atoms with Gasteiger partial charge in [-0.15, -0.1) is 0 Å². The highest BCUT2D eigenvalue weighted by atomic mass is 16.5. The Morgan fingerprint density at radius 3 is 2.00 bits per heavy atom. The molecule has 5 nitrogen and oxygen atoms in total. The summed E-state index contributed by atoms with van der Waals surface area (Å²) in [5, 5.41) is 0. The van der Waals surface area contributed by atoms with Crippen LogP contribution in [-0.2, 0) is 9.53 Å². The first-order valence-electron chi connectivity index (χ1n) is 4.28. The number of rotatable bonds is 2. The highest BCUT2D eigenvalue weighted by Gasteiger charge is 2.36. The molecule has 0 saturated heterocycles. The lowest BCUT2D eigenvalue weighted by molar-refractivity contribution is -0.126. The lowest BCUT2D eigenvalue weighted by atomic mass is 9.85. The van der Waals surface area contributed by atoms with Gasteiger partial charge in [0.2, 0.25) is 0 Å². The van der Waals surface area contributed by atoms with Gasteiger partial charge in [-0.2, -0.15) is 0 Å². The van der Waals surface area contributed by atoms with Crippen LogP contribution in [0.1, 0.15) is 20.8 Å². The second-order valence-corrected chi connectivity index (χ2v) is 4.21. The van der Waals surface area contributed by atoms with E-state index in [0.29, 0.717) is 0 Å². The molecule has 81 valence electrons. The van der Waals surface area contributed by atoms with E-state index in [4.69, 9.17) is 5.73 Å². The first kappa shape index (κ1) is 12.7. The van der Waals surface area contributed by atoms with E-state index < -0.39 is 23.5 Å². The number of hydrogen-bond donors (Lipinski definition) is 0. The van der Waals surface area contributed by atoms with Gasteiger partial charge in [-0.05, 0) is 5.41 Å². The Hall–Kier alpha value is -1.26. The van der Waals surface area contributed by atoms with Crippen LogP contribution < -0.4 is 5.73 Å². The zero-order valence-electron chi connectivity index (χ0n) is 9.25. The van der Waals surface area contributed by atoms with Crippen LogP contribution >= 0.6 is 0 Å². The number of carbonyl (C=O) groups is 2. The minimum atomic E-state index is -0.787. The van der Waals surface area contributed by atoms with Gasteiger partial charge >= 0.3 is 6.09 Å². The molecule has 0 aliphatic rings. The third-order valence-corrected chi connectivity index (χ3v) is 1.92. The van der Waals surface area contributed by atoms with E-state index in [1.807, 2.05) is 0 Å². The van der Waals surface area contributed by atoms with Gasteiger partial charge in [0, 0.05) is 7.05 Å². The molecular formula is C9H17N2O3. The summed E-state index contributed by atoms with van der Waals surface area (Å²) in [6.45, 7) is 5.39. The number of ether oxygens (including phenoxy) is 1. The van der Waals surface area contributed by atoms with E-state index in [-0.39, 0.29) is 0 Å². The lowest BCUT2D eigenvalue weighted by Crippen LogP contribution is -2.50. The van der Waals surface area contributed by atoms with Crippen LogP contribution in [-0.4, -0.2) is 37.1 Å². The second kappa shape index (κ2) is 4.30. The first-order valence-corrected chi connectivity index (χ1v) is 4.28. The Balaban J connectivity index is 4.85. The molecule has 2 amide bonds. The first-order chi connectivity index (χ1) is 6.21. The summed E-state index contributed by atoms with van der Waals surface area (Å²) in [6, 6.07) is -0.782. The Morgan fingerprint density at radius 2 is 1.79 bits per heavy atom. The van der Waals surface area contributed by atoms with Crippen molar-refractivity contribution in [2.75, 3.05) is 14.2 Å². The minimum Gasteiger partial charge on any atom is -0.453 e. The summed E-state index contributed by atoms with van der Waals surface area (Å²) in [7, 11) is 2.70. The standard InChI is InChI=1S/C9H17N2O3/c1-9(2,3)6(7(10)12)11(4)8(13)14-5/h6,10H,1-5H3. The van der Waals surface area contributed by atoms with Crippen molar-refractivity contribution >= 4 is 12.0 Å². The molecule has 0 saturated carbocycles.